The van der Waals surface area contributed by atoms with E-state index in [2.05, 4.69) is 6.07 Å². The van der Waals surface area contributed by atoms with E-state index in [4.69, 9.17) is 10.5 Å². The number of Topliss-reactive ketones (excluding diaryl/α,β-unsaturated/α-hetero) is 1. The Morgan fingerprint density at radius 3 is 3.00 bits per heavy atom. The van der Waals surface area contributed by atoms with Crippen LogP contribution in [-0.2, 0) is 12.8 Å². The quantitative estimate of drug-likeness (QED) is 0.691. The summed E-state index contributed by atoms with van der Waals surface area (Å²) in [5.74, 6) is 1.13. The molecule has 0 atom stereocenters. The van der Waals surface area contributed by atoms with Crippen LogP contribution < -0.4 is 10.5 Å². The molecule has 0 radical (unpaired) electrons. The molecule has 0 bridgehead atoms. The Labute approximate surface area is 124 Å². The Kier molecular flexibility index (Phi) is 3.65. The Balaban J connectivity index is 1.70. The first-order chi connectivity index (χ1) is 10.1. The van der Waals surface area contributed by atoms with Gasteiger partial charge < -0.3 is 10.5 Å². The molecule has 0 saturated heterocycles. The van der Waals surface area contributed by atoms with Crippen LogP contribution in [0.25, 0.3) is 0 Å². The van der Waals surface area contributed by atoms with Crippen molar-refractivity contribution in [3.8, 4) is 5.75 Å². The lowest BCUT2D eigenvalue weighted by Gasteiger charge is -2.08. The van der Waals surface area contributed by atoms with Gasteiger partial charge in [0.25, 0.3) is 0 Å². The maximum atomic E-state index is 12.3. The lowest BCUT2D eigenvalue weighted by Crippen LogP contribution is -2.05. The molecule has 3 rings (SSSR count). The second-order valence-electron chi connectivity index (χ2n) is 5.48. The van der Waals surface area contributed by atoms with Gasteiger partial charge in [0, 0.05) is 24.1 Å². The zero-order valence-electron chi connectivity index (χ0n) is 12.2. The molecule has 1 aliphatic rings. The third kappa shape index (κ3) is 2.77. The zero-order chi connectivity index (χ0) is 14.8. The van der Waals surface area contributed by atoms with Crippen molar-refractivity contribution in [2.75, 3.05) is 12.3 Å². The van der Waals surface area contributed by atoms with Crippen molar-refractivity contribution >= 4 is 11.5 Å². The molecule has 0 unspecified atom stereocenters. The van der Waals surface area contributed by atoms with Crippen LogP contribution in [0.2, 0.25) is 0 Å². The van der Waals surface area contributed by atoms with Crippen LogP contribution in [0.3, 0.4) is 0 Å². The normalized spacial score (nSPS) is 12.8. The van der Waals surface area contributed by atoms with Crippen LogP contribution in [0.15, 0.2) is 36.4 Å². The highest BCUT2D eigenvalue weighted by atomic mass is 16.5. The second-order valence-corrected chi connectivity index (χ2v) is 5.48. The van der Waals surface area contributed by atoms with Crippen molar-refractivity contribution in [2.24, 2.45) is 0 Å². The molecule has 0 fully saturated rings. The third-order valence-electron chi connectivity index (χ3n) is 4.07. The van der Waals surface area contributed by atoms with Gasteiger partial charge in [0.05, 0.1) is 6.61 Å². The van der Waals surface area contributed by atoms with Gasteiger partial charge in [-0.25, -0.2) is 0 Å². The van der Waals surface area contributed by atoms with Gasteiger partial charge in [-0.2, -0.15) is 0 Å². The van der Waals surface area contributed by atoms with Gasteiger partial charge in [0.1, 0.15) is 5.75 Å². The molecule has 0 saturated carbocycles. The van der Waals surface area contributed by atoms with Crippen LogP contribution in [0.5, 0.6) is 5.75 Å². The summed E-state index contributed by atoms with van der Waals surface area (Å²) in [4.78, 5) is 12.3. The molecule has 0 amide bonds. The Hall–Kier alpha value is -2.29. The van der Waals surface area contributed by atoms with Crippen LogP contribution in [0.1, 0.15) is 33.5 Å². The van der Waals surface area contributed by atoms with E-state index in [1.807, 2.05) is 37.3 Å². The number of fused-ring (bicyclic) bond motifs is 1. The number of carbonyl (C=O) groups excluding carboxylic acids is 1. The summed E-state index contributed by atoms with van der Waals surface area (Å²) in [6.07, 6.45) is 2.22. The third-order valence-corrected chi connectivity index (χ3v) is 4.07. The van der Waals surface area contributed by atoms with Gasteiger partial charge in [-0.1, -0.05) is 24.3 Å². The van der Waals surface area contributed by atoms with E-state index in [-0.39, 0.29) is 5.78 Å². The molecule has 1 heterocycles. The number of benzene rings is 2. The number of aryl methyl sites for hydroxylation is 1. The maximum Gasteiger partial charge on any atom is 0.163 e. The van der Waals surface area contributed by atoms with E-state index in [1.165, 1.54) is 11.1 Å². The van der Waals surface area contributed by atoms with E-state index in [9.17, 15) is 4.79 Å². The van der Waals surface area contributed by atoms with E-state index in [0.29, 0.717) is 12.1 Å². The summed E-state index contributed by atoms with van der Waals surface area (Å²) in [7, 11) is 0. The van der Waals surface area contributed by atoms with Gasteiger partial charge in [0.15, 0.2) is 5.78 Å². The minimum atomic E-state index is 0.150. The van der Waals surface area contributed by atoms with Crippen LogP contribution in [0.4, 0.5) is 5.69 Å². The Morgan fingerprint density at radius 1 is 1.29 bits per heavy atom. The number of anilines is 1. The molecule has 3 heteroatoms. The summed E-state index contributed by atoms with van der Waals surface area (Å²) >= 11 is 0. The average Bonchev–Trinajstić information content (AvgIpc) is 2.95. The molecular weight excluding hydrogens is 262 g/mol. The molecule has 0 aromatic heterocycles. The van der Waals surface area contributed by atoms with Crippen molar-refractivity contribution in [1.82, 2.24) is 0 Å². The summed E-state index contributed by atoms with van der Waals surface area (Å²) in [6, 6.07) is 11.7. The fraction of sp³-hybridized carbons (Fsp3) is 0.278. The predicted molar refractivity (Wildman–Crippen MR) is 83.9 cm³/mol. The minimum Gasteiger partial charge on any atom is -0.493 e. The number of carbonyl (C=O) groups is 1. The van der Waals surface area contributed by atoms with Crippen LogP contribution in [-0.4, -0.2) is 12.4 Å². The highest BCUT2D eigenvalue weighted by Crippen LogP contribution is 2.26. The number of hydrogen-bond donors (Lipinski definition) is 1. The lowest BCUT2D eigenvalue weighted by molar-refractivity contribution is 0.0982. The molecule has 108 valence electrons. The summed E-state index contributed by atoms with van der Waals surface area (Å²) in [6.45, 7) is 2.66. The van der Waals surface area contributed by atoms with E-state index in [1.54, 1.807) is 0 Å². The molecule has 0 spiro atoms. The van der Waals surface area contributed by atoms with Crippen molar-refractivity contribution in [3.63, 3.8) is 0 Å². The first-order valence-corrected chi connectivity index (χ1v) is 7.28. The van der Waals surface area contributed by atoms with Crippen molar-refractivity contribution in [1.29, 1.82) is 0 Å². The smallest absolute Gasteiger partial charge is 0.163 e. The monoisotopic (exact) mass is 281 g/mol. The van der Waals surface area contributed by atoms with Crippen molar-refractivity contribution < 1.29 is 9.53 Å². The van der Waals surface area contributed by atoms with Gasteiger partial charge in [0.2, 0.25) is 0 Å². The first kappa shape index (κ1) is 13.7. The van der Waals surface area contributed by atoms with Gasteiger partial charge in [-0.3, -0.25) is 4.79 Å². The van der Waals surface area contributed by atoms with Gasteiger partial charge in [-0.15, -0.1) is 0 Å². The number of ether oxygens (including phenoxy) is 1. The lowest BCUT2D eigenvalue weighted by atomic mass is 9.97. The summed E-state index contributed by atoms with van der Waals surface area (Å²) in [5.41, 5.74) is 10.6. The van der Waals surface area contributed by atoms with Crippen molar-refractivity contribution in [2.45, 2.75) is 26.2 Å². The Bertz CT molecular complexity index is 692. The molecule has 3 nitrogen and oxygen atoms in total. The minimum absolute atomic E-state index is 0.150. The fourth-order valence-corrected chi connectivity index (χ4v) is 2.74. The Morgan fingerprint density at radius 2 is 2.14 bits per heavy atom. The van der Waals surface area contributed by atoms with Crippen LogP contribution >= 0.6 is 0 Å². The summed E-state index contributed by atoms with van der Waals surface area (Å²) < 4.78 is 5.50. The van der Waals surface area contributed by atoms with E-state index in [0.717, 1.165) is 36.3 Å². The first-order valence-electron chi connectivity index (χ1n) is 7.28. The number of rotatable bonds is 4. The molecule has 21 heavy (non-hydrogen) atoms. The molecule has 1 aliphatic heterocycles. The number of nitrogen functional groups attached to an aromatic ring is 1. The molecule has 2 aromatic carbocycles. The highest BCUT2D eigenvalue weighted by molar-refractivity contribution is 5.98. The SMILES string of the molecule is Cc1c(N)cccc1C(=O)CCc1ccc2c(c1)CCO2. The average molecular weight is 281 g/mol. The molecule has 0 aliphatic carbocycles. The largest absolute Gasteiger partial charge is 0.493 e. The topological polar surface area (TPSA) is 52.3 Å². The van der Waals surface area contributed by atoms with Gasteiger partial charge >= 0.3 is 0 Å². The highest BCUT2D eigenvalue weighted by Gasteiger charge is 2.14. The molecule has 2 N–H and O–H groups in total. The van der Waals surface area contributed by atoms with Gasteiger partial charge in [-0.05, 0) is 42.2 Å². The maximum absolute atomic E-state index is 12.3. The number of ketones is 1. The molecular formula is C18H19NO2. The predicted octanol–water partition coefficient (Wildman–Crippen LogP) is 3.33. The molecule has 2 aromatic rings. The van der Waals surface area contributed by atoms with Crippen molar-refractivity contribution in [3.05, 3.63) is 58.7 Å². The number of nitrogens with two attached hydrogens (primary N) is 1. The second kappa shape index (κ2) is 5.60. The van der Waals surface area contributed by atoms with E-state index >= 15 is 0 Å². The fourth-order valence-electron chi connectivity index (χ4n) is 2.74. The van der Waals surface area contributed by atoms with E-state index < -0.39 is 0 Å². The zero-order valence-corrected chi connectivity index (χ0v) is 12.2. The number of hydrogen-bond acceptors (Lipinski definition) is 3. The van der Waals surface area contributed by atoms with Crippen LogP contribution in [0, 0.1) is 6.92 Å². The standard InChI is InChI=1S/C18H19NO2/c1-12-15(3-2-4-16(12)19)17(20)7-5-13-6-8-18-14(11-13)9-10-21-18/h2-4,6,8,11H,5,7,9-10,19H2,1H3. The summed E-state index contributed by atoms with van der Waals surface area (Å²) in [5, 5.41) is 0.